The van der Waals surface area contributed by atoms with Gasteiger partial charge in [0.05, 0.1) is 16.4 Å². The molecule has 31 heavy (non-hydrogen) atoms. The number of rotatable bonds is 5. The molecule has 0 amide bonds. The van der Waals surface area contributed by atoms with E-state index >= 15 is 0 Å². The Kier molecular flexibility index (Phi) is 7.37. The number of nitrogens with two attached hydrogens (primary N) is 1. The maximum atomic E-state index is 13.1. The van der Waals surface area contributed by atoms with Gasteiger partial charge in [0.2, 0.25) is 12.2 Å². The third kappa shape index (κ3) is 5.09. The van der Waals surface area contributed by atoms with E-state index in [0.717, 1.165) is 0 Å². The molecule has 0 saturated carbocycles. The lowest BCUT2D eigenvalue weighted by atomic mass is 10.2. The fraction of sp³-hybridized carbons (Fsp3) is 0.222. The van der Waals surface area contributed by atoms with Crippen LogP contribution in [0.15, 0.2) is 50.8 Å². The van der Waals surface area contributed by atoms with Crippen LogP contribution in [0.1, 0.15) is 0 Å². The van der Waals surface area contributed by atoms with Gasteiger partial charge in [0.1, 0.15) is 4.90 Å². The number of hydrazine groups is 1. The number of hydrogen-bond donors (Lipinski definition) is 4. The summed E-state index contributed by atoms with van der Waals surface area (Å²) in [5.41, 5.74) is 6.39. The van der Waals surface area contributed by atoms with Crippen LogP contribution in [-0.2, 0) is 10.0 Å². The second kappa shape index (κ2) is 9.82. The molecular formula is C18H19BrClN7O3S. The Morgan fingerprint density at radius 3 is 2.61 bits per heavy atom. The molecule has 3 rings (SSSR count). The molecular weight excluding hydrogens is 510 g/mol. The van der Waals surface area contributed by atoms with E-state index in [4.69, 9.17) is 22.6 Å². The van der Waals surface area contributed by atoms with E-state index < -0.39 is 20.7 Å². The summed E-state index contributed by atoms with van der Waals surface area (Å²) in [6.45, 7) is 2.11. The lowest BCUT2D eigenvalue weighted by Gasteiger charge is -2.29. The highest BCUT2D eigenvalue weighted by molar-refractivity contribution is 9.10. The van der Waals surface area contributed by atoms with E-state index in [2.05, 4.69) is 31.1 Å². The predicted molar refractivity (Wildman–Crippen MR) is 121 cm³/mol. The molecule has 1 heterocycles. The van der Waals surface area contributed by atoms with Gasteiger partial charge in [0, 0.05) is 30.7 Å². The molecule has 0 bridgehead atoms. The summed E-state index contributed by atoms with van der Waals surface area (Å²) in [5, 5.41) is 24.4. The van der Waals surface area contributed by atoms with E-state index in [1.807, 2.05) is 0 Å². The molecule has 0 unspecified atom stereocenters. The molecule has 1 aliphatic rings. The van der Waals surface area contributed by atoms with Gasteiger partial charge in [-0.3, -0.25) is 4.90 Å². The predicted octanol–water partition coefficient (Wildman–Crippen LogP) is 1.84. The number of hydrogen-bond acceptors (Lipinski definition) is 7. The van der Waals surface area contributed by atoms with Crippen molar-refractivity contribution in [2.24, 2.45) is 10.7 Å². The zero-order valence-corrected chi connectivity index (χ0v) is 19.2. The molecule has 1 fully saturated rings. The first-order valence-corrected chi connectivity index (χ1v) is 11.7. The number of nitrogens with zero attached hydrogens (tertiary/aromatic N) is 4. The molecule has 10 nitrogen and oxygen atoms in total. The molecule has 0 aromatic heterocycles. The summed E-state index contributed by atoms with van der Waals surface area (Å²) in [4.78, 5) is 6.74. The average Bonchev–Trinajstić information content (AvgIpc) is 2.71. The summed E-state index contributed by atoms with van der Waals surface area (Å²) in [5.74, 6) is -0.910. The van der Waals surface area contributed by atoms with Gasteiger partial charge in [-0.15, -0.1) is 9.82 Å². The molecule has 0 spiro atoms. The fourth-order valence-corrected chi connectivity index (χ4v) is 5.27. The molecule has 2 aromatic carbocycles. The summed E-state index contributed by atoms with van der Waals surface area (Å²) in [6.07, 6.45) is 1.59. The summed E-state index contributed by atoms with van der Waals surface area (Å²) >= 11 is 9.57. The van der Waals surface area contributed by atoms with E-state index in [1.54, 1.807) is 30.5 Å². The summed E-state index contributed by atoms with van der Waals surface area (Å²) < 4.78 is 26.7. The molecule has 164 valence electrons. The molecule has 0 aliphatic carbocycles. The number of piperazine rings is 1. The van der Waals surface area contributed by atoms with Crippen molar-refractivity contribution < 1.29 is 13.5 Å². The number of para-hydroxylation sites is 1. The number of phenols is 1. The van der Waals surface area contributed by atoms with Crippen LogP contribution in [0.4, 0.5) is 11.4 Å². The molecule has 2 aromatic rings. The Morgan fingerprint density at radius 2 is 1.97 bits per heavy atom. The SMILES string of the molecule is N#CN=C(N)N(c1ccccc1Br)c1ccc(Cl)c(S(=O)(=O)NN2CCNCC2)c1O. The van der Waals surface area contributed by atoms with Crippen molar-refractivity contribution in [3.8, 4) is 11.9 Å². The lowest BCUT2D eigenvalue weighted by Crippen LogP contribution is -2.52. The van der Waals surface area contributed by atoms with Gasteiger partial charge in [-0.2, -0.15) is 5.26 Å². The number of halogens is 2. The van der Waals surface area contributed by atoms with Gasteiger partial charge in [0.25, 0.3) is 10.0 Å². The van der Waals surface area contributed by atoms with Crippen LogP contribution < -0.4 is 20.8 Å². The number of nitrogens with one attached hydrogen (secondary N) is 2. The van der Waals surface area contributed by atoms with Crippen LogP contribution in [-0.4, -0.2) is 50.7 Å². The van der Waals surface area contributed by atoms with Crippen LogP contribution in [0, 0.1) is 11.5 Å². The van der Waals surface area contributed by atoms with Crippen molar-refractivity contribution in [2.45, 2.75) is 4.90 Å². The second-order valence-corrected chi connectivity index (χ2v) is 9.29. The number of guanidine groups is 1. The first kappa shape index (κ1) is 23.3. The fourth-order valence-electron chi connectivity index (χ4n) is 3.05. The monoisotopic (exact) mass is 527 g/mol. The van der Waals surface area contributed by atoms with E-state index in [9.17, 15) is 13.5 Å². The van der Waals surface area contributed by atoms with Crippen LogP contribution in [0.5, 0.6) is 5.75 Å². The Balaban J connectivity index is 2.14. The highest BCUT2D eigenvalue weighted by Gasteiger charge is 2.30. The number of phenolic OH excluding ortho intramolecular Hbond substituents is 1. The van der Waals surface area contributed by atoms with Crippen molar-refractivity contribution in [1.29, 1.82) is 5.26 Å². The second-order valence-electron chi connectivity index (χ2n) is 6.43. The largest absolute Gasteiger partial charge is 0.504 e. The Hall–Kier alpha value is -2.40. The van der Waals surface area contributed by atoms with Crippen molar-refractivity contribution in [1.82, 2.24) is 15.2 Å². The molecule has 5 N–H and O–H groups in total. The Bertz CT molecular complexity index is 1150. The number of aliphatic imine (C=N–C) groups is 1. The summed E-state index contributed by atoms with van der Waals surface area (Å²) in [7, 11) is -4.23. The minimum Gasteiger partial charge on any atom is -0.504 e. The van der Waals surface area contributed by atoms with Crippen molar-refractivity contribution in [3.05, 3.63) is 45.9 Å². The highest BCUT2D eigenvalue weighted by Crippen LogP contribution is 2.42. The molecule has 13 heteroatoms. The number of benzene rings is 2. The normalized spacial score (nSPS) is 15.5. The van der Waals surface area contributed by atoms with Gasteiger partial charge in [-0.25, -0.2) is 13.4 Å². The first-order valence-electron chi connectivity index (χ1n) is 9.02. The average molecular weight is 529 g/mol. The maximum absolute atomic E-state index is 13.1. The zero-order chi connectivity index (χ0) is 22.6. The summed E-state index contributed by atoms with van der Waals surface area (Å²) in [6, 6.07) is 9.57. The van der Waals surface area contributed by atoms with Crippen molar-refractivity contribution >= 4 is 54.9 Å². The highest BCUT2D eigenvalue weighted by atomic mass is 79.9. The number of aromatic hydroxyl groups is 1. The van der Waals surface area contributed by atoms with E-state index in [1.165, 1.54) is 22.0 Å². The lowest BCUT2D eigenvalue weighted by molar-refractivity contribution is 0.211. The third-order valence-electron chi connectivity index (χ3n) is 4.43. The van der Waals surface area contributed by atoms with Gasteiger partial charge in [-0.1, -0.05) is 23.7 Å². The van der Waals surface area contributed by atoms with E-state index in [0.29, 0.717) is 36.3 Å². The number of sulfonamides is 1. The Labute approximate surface area is 193 Å². The smallest absolute Gasteiger partial charge is 0.258 e. The van der Waals surface area contributed by atoms with Crippen LogP contribution >= 0.6 is 27.5 Å². The molecule has 0 radical (unpaired) electrons. The molecule has 1 aliphatic heterocycles. The molecule has 0 atom stereocenters. The van der Waals surface area contributed by atoms with Gasteiger partial charge in [0.15, 0.2) is 5.75 Å². The van der Waals surface area contributed by atoms with Crippen molar-refractivity contribution in [3.63, 3.8) is 0 Å². The Morgan fingerprint density at radius 1 is 1.29 bits per heavy atom. The standard InChI is InChI=1S/C18H19BrClN7O3S/c19-12-3-1-2-4-14(12)27(18(22)24-11-21)15-6-5-13(20)17(16(15)28)31(29,30)25-26-9-7-23-8-10-26/h1-6,23,25,28H,7-10H2,(H2,22,24). The minimum atomic E-state index is -4.23. The van der Waals surface area contributed by atoms with Gasteiger partial charge >= 0.3 is 0 Å². The zero-order valence-electron chi connectivity index (χ0n) is 16.1. The van der Waals surface area contributed by atoms with Crippen LogP contribution in [0.25, 0.3) is 0 Å². The van der Waals surface area contributed by atoms with E-state index in [-0.39, 0.29) is 16.7 Å². The quantitative estimate of drug-likeness (QED) is 0.261. The van der Waals surface area contributed by atoms with Crippen LogP contribution in [0.2, 0.25) is 5.02 Å². The van der Waals surface area contributed by atoms with Gasteiger partial charge < -0.3 is 16.2 Å². The maximum Gasteiger partial charge on any atom is 0.258 e. The number of anilines is 2. The minimum absolute atomic E-state index is 0.0199. The first-order chi connectivity index (χ1) is 14.8. The van der Waals surface area contributed by atoms with Crippen LogP contribution in [0.3, 0.4) is 0 Å². The number of nitriles is 1. The molecule has 1 saturated heterocycles. The topological polar surface area (TPSA) is 147 Å². The van der Waals surface area contributed by atoms with Gasteiger partial charge in [-0.05, 0) is 40.2 Å². The third-order valence-corrected chi connectivity index (χ3v) is 6.97. The van der Waals surface area contributed by atoms with Crippen molar-refractivity contribution in [2.75, 3.05) is 31.1 Å².